The summed E-state index contributed by atoms with van der Waals surface area (Å²) in [5.41, 5.74) is 0.451. The molecule has 1 aromatic carbocycles. The Kier molecular flexibility index (Phi) is 3.65. The van der Waals surface area contributed by atoms with Crippen molar-refractivity contribution in [3.8, 4) is 0 Å². The minimum absolute atomic E-state index is 0.407. The van der Waals surface area contributed by atoms with E-state index in [2.05, 4.69) is 4.74 Å². The number of ether oxygens (including phenoxy) is 1. The summed E-state index contributed by atoms with van der Waals surface area (Å²) in [5.74, 6) is -3.13. The predicted octanol–water partition coefficient (Wildman–Crippen LogP) is 1.86. The maximum atomic E-state index is 11.6. The number of rotatable bonds is 3. The molecule has 0 fully saturated rings. The van der Waals surface area contributed by atoms with E-state index in [-0.39, 0.29) is 0 Å². The largest absolute Gasteiger partial charge is 0.575 e. The first-order valence-electron chi connectivity index (χ1n) is 4.25. The zero-order valence-electron chi connectivity index (χ0n) is 7.95. The summed E-state index contributed by atoms with van der Waals surface area (Å²) in [6.07, 6.45) is -5.53. The SMILES string of the molecule is O=C(Cc1ccccc1)C(=O)OC(F)(F)F. The molecular weight excluding hydrogens is 225 g/mol. The van der Waals surface area contributed by atoms with Gasteiger partial charge in [0.1, 0.15) is 0 Å². The van der Waals surface area contributed by atoms with Gasteiger partial charge in [-0.15, -0.1) is 13.2 Å². The van der Waals surface area contributed by atoms with Crippen molar-refractivity contribution in [2.75, 3.05) is 0 Å². The van der Waals surface area contributed by atoms with E-state index in [0.29, 0.717) is 5.56 Å². The normalized spacial score (nSPS) is 10.9. The first-order chi connectivity index (χ1) is 7.38. The molecule has 0 saturated carbocycles. The summed E-state index contributed by atoms with van der Waals surface area (Å²) >= 11 is 0. The third-order valence-corrected chi connectivity index (χ3v) is 1.64. The van der Waals surface area contributed by atoms with Crippen LogP contribution >= 0.6 is 0 Å². The standard InChI is InChI=1S/C10H7F3O3/c11-10(12,13)16-9(15)8(14)6-7-4-2-1-3-5-7/h1-5H,6H2. The molecular formula is C10H7F3O3. The molecule has 16 heavy (non-hydrogen) atoms. The van der Waals surface area contributed by atoms with E-state index in [1.807, 2.05) is 0 Å². The summed E-state index contributed by atoms with van der Waals surface area (Å²) in [4.78, 5) is 21.7. The van der Waals surface area contributed by atoms with Crippen LogP contribution in [0.2, 0.25) is 0 Å². The highest BCUT2D eigenvalue weighted by Crippen LogP contribution is 2.16. The van der Waals surface area contributed by atoms with Crippen LogP contribution in [0.15, 0.2) is 30.3 Å². The average molecular weight is 232 g/mol. The summed E-state index contributed by atoms with van der Waals surface area (Å²) < 4.78 is 37.8. The lowest BCUT2D eigenvalue weighted by Gasteiger charge is -2.05. The van der Waals surface area contributed by atoms with Gasteiger partial charge >= 0.3 is 12.3 Å². The number of hydrogen-bond donors (Lipinski definition) is 0. The lowest BCUT2D eigenvalue weighted by molar-refractivity contribution is -0.303. The Hall–Kier alpha value is -1.85. The van der Waals surface area contributed by atoms with Crippen molar-refractivity contribution in [3.63, 3.8) is 0 Å². The van der Waals surface area contributed by atoms with Crippen LogP contribution in [0.3, 0.4) is 0 Å². The van der Waals surface area contributed by atoms with Crippen LogP contribution in [0.25, 0.3) is 0 Å². The van der Waals surface area contributed by atoms with E-state index >= 15 is 0 Å². The van der Waals surface area contributed by atoms with Gasteiger partial charge in [-0.2, -0.15) is 0 Å². The van der Waals surface area contributed by atoms with Crippen LogP contribution in [0.4, 0.5) is 13.2 Å². The first-order valence-corrected chi connectivity index (χ1v) is 4.25. The molecule has 86 valence electrons. The number of hydrogen-bond acceptors (Lipinski definition) is 3. The van der Waals surface area contributed by atoms with Gasteiger partial charge in [-0.05, 0) is 5.56 Å². The fraction of sp³-hybridized carbons (Fsp3) is 0.200. The van der Waals surface area contributed by atoms with Crippen molar-refractivity contribution in [1.29, 1.82) is 0 Å². The van der Waals surface area contributed by atoms with Crippen molar-refractivity contribution in [2.45, 2.75) is 12.8 Å². The van der Waals surface area contributed by atoms with Gasteiger partial charge in [0.25, 0.3) is 0 Å². The minimum atomic E-state index is -5.12. The fourth-order valence-electron chi connectivity index (χ4n) is 1.02. The van der Waals surface area contributed by atoms with E-state index in [1.165, 1.54) is 12.1 Å². The summed E-state index contributed by atoms with van der Waals surface area (Å²) in [7, 11) is 0. The van der Waals surface area contributed by atoms with Crippen molar-refractivity contribution in [1.82, 2.24) is 0 Å². The topological polar surface area (TPSA) is 43.4 Å². The maximum Gasteiger partial charge on any atom is 0.575 e. The number of ketones is 1. The van der Waals surface area contributed by atoms with Gasteiger partial charge in [-0.3, -0.25) is 4.79 Å². The van der Waals surface area contributed by atoms with Crippen molar-refractivity contribution < 1.29 is 27.5 Å². The molecule has 0 aliphatic rings. The third-order valence-electron chi connectivity index (χ3n) is 1.64. The Labute approximate surface area is 88.8 Å². The molecule has 0 bridgehead atoms. The Balaban J connectivity index is 2.57. The van der Waals surface area contributed by atoms with Gasteiger partial charge in [-0.1, -0.05) is 30.3 Å². The van der Waals surface area contributed by atoms with Gasteiger partial charge in [0.05, 0.1) is 0 Å². The summed E-state index contributed by atoms with van der Waals surface area (Å²) in [5, 5.41) is 0. The summed E-state index contributed by atoms with van der Waals surface area (Å²) in [6, 6.07) is 7.95. The highest BCUT2D eigenvalue weighted by molar-refractivity contribution is 6.34. The van der Waals surface area contributed by atoms with Crippen LogP contribution in [0.5, 0.6) is 0 Å². The first kappa shape index (κ1) is 12.2. The van der Waals surface area contributed by atoms with Crippen LogP contribution in [0, 0.1) is 0 Å². The number of halogens is 3. The molecule has 0 N–H and O–H groups in total. The molecule has 0 radical (unpaired) electrons. The van der Waals surface area contributed by atoms with E-state index < -0.39 is 24.5 Å². The van der Waals surface area contributed by atoms with Crippen molar-refractivity contribution in [2.24, 2.45) is 0 Å². The van der Waals surface area contributed by atoms with Crippen molar-refractivity contribution >= 4 is 11.8 Å². The van der Waals surface area contributed by atoms with Gasteiger partial charge in [0.15, 0.2) is 0 Å². The number of alkyl halides is 3. The molecule has 0 aliphatic heterocycles. The molecule has 0 unspecified atom stereocenters. The molecule has 0 aromatic heterocycles. The second-order valence-corrected chi connectivity index (χ2v) is 2.92. The molecule has 1 aromatic rings. The lowest BCUT2D eigenvalue weighted by atomic mass is 10.1. The van der Waals surface area contributed by atoms with E-state index in [0.717, 1.165) is 0 Å². The Morgan fingerprint density at radius 2 is 1.69 bits per heavy atom. The fourth-order valence-corrected chi connectivity index (χ4v) is 1.02. The van der Waals surface area contributed by atoms with Gasteiger partial charge in [0, 0.05) is 6.42 Å². The number of Topliss-reactive ketones (excluding diaryl/α,β-unsaturated/α-hetero) is 1. The van der Waals surface area contributed by atoms with Crippen LogP contribution in [0.1, 0.15) is 5.56 Å². The van der Waals surface area contributed by atoms with Crippen LogP contribution in [-0.2, 0) is 20.7 Å². The number of carbonyl (C=O) groups excluding carboxylic acids is 2. The predicted molar refractivity (Wildman–Crippen MR) is 47.3 cm³/mol. The second kappa shape index (κ2) is 4.78. The quantitative estimate of drug-likeness (QED) is 0.590. The lowest BCUT2D eigenvalue weighted by Crippen LogP contribution is -2.27. The third kappa shape index (κ3) is 4.12. The molecule has 6 heteroatoms. The number of esters is 1. The Morgan fingerprint density at radius 3 is 2.19 bits per heavy atom. The van der Waals surface area contributed by atoms with Gasteiger partial charge in [-0.25, -0.2) is 4.79 Å². The summed E-state index contributed by atoms with van der Waals surface area (Å²) in [6.45, 7) is 0. The number of benzene rings is 1. The highest BCUT2D eigenvalue weighted by atomic mass is 19.4. The smallest absolute Gasteiger partial charge is 0.367 e. The average Bonchev–Trinajstić information content (AvgIpc) is 2.16. The van der Waals surface area contributed by atoms with E-state index in [1.54, 1.807) is 18.2 Å². The molecule has 0 heterocycles. The monoisotopic (exact) mass is 232 g/mol. The Bertz CT molecular complexity index is 384. The molecule has 0 aliphatic carbocycles. The van der Waals surface area contributed by atoms with Crippen LogP contribution < -0.4 is 0 Å². The van der Waals surface area contributed by atoms with Crippen molar-refractivity contribution in [3.05, 3.63) is 35.9 Å². The second-order valence-electron chi connectivity index (χ2n) is 2.92. The van der Waals surface area contributed by atoms with E-state index in [4.69, 9.17) is 0 Å². The van der Waals surface area contributed by atoms with E-state index in [9.17, 15) is 22.8 Å². The van der Waals surface area contributed by atoms with Gasteiger partial charge < -0.3 is 4.74 Å². The zero-order chi connectivity index (χ0) is 12.2. The Morgan fingerprint density at radius 1 is 1.12 bits per heavy atom. The highest BCUT2D eigenvalue weighted by Gasteiger charge is 2.36. The zero-order valence-corrected chi connectivity index (χ0v) is 7.95. The molecule has 1 rings (SSSR count). The molecule has 0 atom stereocenters. The molecule has 0 amide bonds. The molecule has 0 spiro atoms. The van der Waals surface area contributed by atoms with Crippen LogP contribution in [-0.4, -0.2) is 18.1 Å². The maximum absolute atomic E-state index is 11.6. The van der Waals surface area contributed by atoms with Gasteiger partial charge in [0.2, 0.25) is 5.78 Å². The molecule has 0 saturated heterocycles. The molecule has 3 nitrogen and oxygen atoms in total. The minimum Gasteiger partial charge on any atom is -0.367 e. The number of carbonyl (C=O) groups is 2.